The van der Waals surface area contributed by atoms with Gasteiger partial charge in [-0.15, -0.1) is 0 Å². The molecule has 0 radical (unpaired) electrons. The molecule has 0 amide bonds. The maximum Gasteiger partial charge on any atom is 0.0319 e. The first-order valence-corrected chi connectivity index (χ1v) is 6.65. The van der Waals surface area contributed by atoms with Gasteiger partial charge in [0.05, 0.1) is 0 Å². The van der Waals surface area contributed by atoms with Crippen molar-refractivity contribution >= 4 is 0 Å². The molecular formula is C14H28O. The molecule has 2 aliphatic rings. The summed E-state index contributed by atoms with van der Waals surface area (Å²) >= 11 is 0. The lowest BCUT2D eigenvalue weighted by molar-refractivity contribution is 0.100. The van der Waals surface area contributed by atoms with E-state index in [1.54, 1.807) is 0 Å². The average molecular weight is 212 g/mol. The van der Waals surface area contributed by atoms with Gasteiger partial charge >= 0.3 is 0 Å². The van der Waals surface area contributed by atoms with Gasteiger partial charge in [0, 0.05) is 7.11 Å². The third kappa shape index (κ3) is 3.21. The number of rotatable bonds is 0. The summed E-state index contributed by atoms with van der Waals surface area (Å²) < 4.78 is 0. The van der Waals surface area contributed by atoms with Gasteiger partial charge in [0.2, 0.25) is 0 Å². The van der Waals surface area contributed by atoms with E-state index in [9.17, 15) is 0 Å². The van der Waals surface area contributed by atoms with E-state index < -0.39 is 0 Å². The van der Waals surface area contributed by atoms with Crippen molar-refractivity contribution in [1.82, 2.24) is 0 Å². The summed E-state index contributed by atoms with van der Waals surface area (Å²) in [6.07, 6.45) is 12.1. The number of aliphatic hydroxyl groups is 1. The second-order valence-corrected chi connectivity index (χ2v) is 5.83. The van der Waals surface area contributed by atoms with Gasteiger partial charge in [-0.3, -0.25) is 0 Å². The van der Waals surface area contributed by atoms with E-state index in [0.717, 1.165) is 24.4 Å². The molecule has 15 heavy (non-hydrogen) atoms. The Kier molecular flexibility index (Phi) is 5.11. The third-order valence-corrected chi connectivity index (χ3v) is 4.67. The van der Waals surface area contributed by atoms with Gasteiger partial charge in [0.25, 0.3) is 0 Å². The van der Waals surface area contributed by atoms with E-state index in [1.165, 1.54) is 51.4 Å². The van der Waals surface area contributed by atoms with E-state index in [-0.39, 0.29) is 0 Å². The zero-order valence-electron chi connectivity index (χ0n) is 10.8. The van der Waals surface area contributed by atoms with Crippen molar-refractivity contribution in [2.45, 2.75) is 65.2 Å². The van der Waals surface area contributed by atoms with Crippen molar-refractivity contribution in [3.05, 3.63) is 0 Å². The molecule has 3 atom stereocenters. The van der Waals surface area contributed by atoms with Crippen molar-refractivity contribution in [3.63, 3.8) is 0 Å². The normalized spacial score (nSPS) is 40.8. The van der Waals surface area contributed by atoms with Gasteiger partial charge < -0.3 is 5.11 Å². The highest BCUT2D eigenvalue weighted by atomic mass is 16.2. The van der Waals surface area contributed by atoms with Crippen LogP contribution >= 0.6 is 0 Å². The van der Waals surface area contributed by atoms with Crippen LogP contribution in [-0.2, 0) is 0 Å². The molecule has 2 rings (SSSR count). The third-order valence-electron chi connectivity index (χ3n) is 4.67. The fourth-order valence-corrected chi connectivity index (χ4v) is 3.66. The molecule has 0 bridgehead atoms. The van der Waals surface area contributed by atoms with Crippen molar-refractivity contribution in [3.8, 4) is 0 Å². The van der Waals surface area contributed by atoms with Crippen LogP contribution in [-0.4, -0.2) is 12.2 Å². The number of hydrogen-bond donors (Lipinski definition) is 1. The SMILES string of the molecule is CO.C[C@H]1CCC[C@]2(C)CCCCC2C1. The van der Waals surface area contributed by atoms with E-state index in [1.807, 2.05) is 0 Å². The molecule has 1 nitrogen and oxygen atoms in total. The lowest BCUT2D eigenvalue weighted by atomic mass is 9.64. The highest BCUT2D eigenvalue weighted by Gasteiger charge is 2.38. The van der Waals surface area contributed by atoms with E-state index in [2.05, 4.69) is 13.8 Å². The largest absolute Gasteiger partial charge is 0.400 e. The average Bonchev–Trinajstić information content (AvgIpc) is 2.39. The molecule has 1 unspecified atom stereocenters. The van der Waals surface area contributed by atoms with Crippen molar-refractivity contribution in [2.24, 2.45) is 17.3 Å². The molecular weight excluding hydrogens is 184 g/mol. The molecule has 2 aliphatic carbocycles. The lowest BCUT2D eigenvalue weighted by Crippen LogP contribution is -2.30. The number of hydrogen-bond acceptors (Lipinski definition) is 1. The predicted octanol–water partition coefficient (Wildman–Crippen LogP) is 4.00. The zero-order chi connectivity index (χ0) is 11.3. The summed E-state index contributed by atoms with van der Waals surface area (Å²) in [5.41, 5.74) is 0.739. The van der Waals surface area contributed by atoms with Crippen LogP contribution in [0.5, 0.6) is 0 Å². The Bertz CT molecular complexity index is 178. The maximum absolute atomic E-state index is 7.00. The Morgan fingerprint density at radius 2 is 1.67 bits per heavy atom. The Labute approximate surface area is 95.3 Å². The molecule has 0 aromatic carbocycles. The highest BCUT2D eigenvalue weighted by molar-refractivity contribution is 4.89. The van der Waals surface area contributed by atoms with Crippen molar-refractivity contribution in [1.29, 1.82) is 0 Å². The standard InChI is InChI=1S/C13H24.CH4O/c1-11-6-5-9-13(2)8-4-3-7-12(13)10-11;1-2/h11-12H,3-10H2,1-2H3;2H,1H3/t11-,12?,13-;/m0./s1. The first-order chi connectivity index (χ1) is 7.21. The van der Waals surface area contributed by atoms with Gasteiger partial charge in [-0.2, -0.15) is 0 Å². The fourth-order valence-electron chi connectivity index (χ4n) is 3.66. The van der Waals surface area contributed by atoms with E-state index >= 15 is 0 Å². The second-order valence-electron chi connectivity index (χ2n) is 5.83. The molecule has 0 heterocycles. The van der Waals surface area contributed by atoms with Crippen LogP contribution in [0.2, 0.25) is 0 Å². The van der Waals surface area contributed by atoms with Crippen LogP contribution in [0, 0.1) is 17.3 Å². The van der Waals surface area contributed by atoms with Crippen LogP contribution in [0.4, 0.5) is 0 Å². The fraction of sp³-hybridized carbons (Fsp3) is 1.00. The summed E-state index contributed by atoms with van der Waals surface area (Å²) in [6.45, 7) is 5.02. The van der Waals surface area contributed by atoms with Gasteiger partial charge in [0.1, 0.15) is 0 Å². The molecule has 0 aromatic heterocycles. The number of aliphatic hydroxyl groups excluding tert-OH is 1. The quantitative estimate of drug-likeness (QED) is 0.643. The maximum atomic E-state index is 7.00. The molecule has 0 spiro atoms. The zero-order valence-corrected chi connectivity index (χ0v) is 10.8. The molecule has 0 aromatic rings. The van der Waals surface area contributed by atoms with E-state index in [4.69, 9.17) is 5.11 Å². The number of fused-ring (bicyclic) bond motifs is 1. The first kappa shape index (κ1) is 13.0. The highest BCUT2D eigenvalue weighted by Crippen LogP contribution is 2.49. The Morgan fingerprint density at radius 3 is 2.40 bits per heavy atom. The van der Waals surface area contributed by atoms with Crippen LogP contribution < -0.4 is 0 Å². The lowest BCUT2D eigenvalue weighted by Gasteiger charge is -2.41. The van der Waals surface area contributed by atoms with Crippen LogP contribution in [0.1, 0.15) is 65.2 Å². The Hall–Kier alpha value is -0.0400. The Balaban J connectivity index is 0.000000531. The van der Waals surface area contributed by atoms with Crippen molar-refractivity contribution in [2.75, 3.05) is 7.11 Å². The van der Waals surface area contributed by atoms with Crippen LogP contribution in [0.25, 0.3) is 0 Å². The monoisotopic (exact) mass is 212 g/mol. The second kappa shape index (κ2) is 5.89. The van der Waals surface area contributed by atoms with E-state index in [0.29, 0.717) is 0 Å². The first-order valence-electron chi connectivity index (χ1n) is 6.65. The van der Waals surface area contributed by atoms with Gasteiger partial charge in [-0.25, -0.2) is 0 Å². The minimum atomic E-state index is 0.739. The predicted molar refractivity (Wildman–Crippen MR) is 65.8 cm³/mol. The molecule has 0 aliphatic heterocycles. The van der Waals surface area contributed by atoms with Gasteiger partial charge in [0.15, 0.2) is 0 Å². The molecule has 1 heteroatoms. The Morgan fingerprint density at radius 1 is 1.00 bits per heavy atom. The van der Waals surface area contributed by atoms with Gasteiger partial charge in [-0.05, 0) is 42.9 Å². The topological polar surface area (TPSA) is 20.2 Å². The molecule has 2 saturated carbocycles. The summed E-state index contributed by atoms with van der Waals surface area (Å²) in [6, 6.07) is 0. The van der Waals surface area contributed by atoms with Crippen molar-refractivity contribution < 1.29 is 5.11 Å². The molecule has 0 saturated heterocycles. The smallest absolute Gasteiger partial charge is 0.0319 e. The summed E-state index contributed by atoms with van der Waals surface area (Å²) in [5.74, 6) is 2.07. The molecule has 2 fully saturated rings. The van der Waals surface area contributed by atoms with Crippen LogP contribution in [0.15, 0.2) is 0 Å². The summed E-state index contributed by atoms with van der Waals surface area (Å²) in [5, 5.41) is 7.00. The minimum Gasteiger partial charge on any atom is -0.400 e. The van der Waals surface area contributed by atoms with Crippen LogP contribution in [0.3, 0.4) is 0 Å². The molecule has 90 valence electrons. The molecule has 1 N–H and O–H groups in total. The summed E-state index contributed by atoms with van der Waals surface area (Å²) in [7, 11) is 1.00. The minimum absolute atomic E-state index is 0.739. The summed E-state index contributed by atoms with van der Waals surface area (Å²) in [4.78, 5) is 0. The van der Waals surface area contributed by atoms with Gasteiger partial charge in [-0.1, -0.05) is 39.5 Å².